The van der Waals surface area contributed by atoms with E-state index in [4.69, 9.17) is 15.6 Å². The molecule has 132 valence electrons. The van der Waals surface area contributed by atoms with Crippen molar-refractivity contribution in [3.63, 3.8) is 0 Å². The summed E-state index contributed by atoms with van der Waals surface area (Å²) in [6.45, 7) is 10.4. The molecular weight excluding hydrogens is 312 g/mol. The molecule has 0 amide bonds. The number of hydrogen-bond acceptors (Lipinski definition) is 4. The lowest BCUT2D eigenvalue weighted by molar-refractivity contribution is 0.112. The Bertz CT molecular complexity index is 724. The molecule has 0 spiro atoms. The molecule has 2 aromatic rings. The van der Waals surface area contributed by atoms with Gasteiger partial charge in [-0.05, 0) is 35.2 Å². The molecule has 2 N–H and O–H groups in total. The Morgan fingerprint density at radius 3 is 1.60 bits per heavy atom. The Hall–Kier alpha value is -2.75. The van der Waals surface area contributed by atoms with Gasteiger partial charge < -0.3 is 4.74 Å². The molecule has 4 heteroatoms. The van der Waals surface area contributed by atoms with E-state index in [2.05, 4.69) is 20.8 Å². The maximum absolute atomic E-state index is 10.6. The number of carbonyl (C=O) groups excluding carboxylic acids is 1. The lowest BCUT2D eigenvalue weighted by Crippen LogP contribution is -2.14. The highest BCUT2D eigenvalue weighted by Gasteiger charge is 2.14. The van der Waals surface area contributed by atoms with Gasteiger partial charge >= 0.3 is 0 Å². The van der Waals surface area contributed by atoms with E-state index >= 15 is 0 Å². The number of hydrogen-bond donors (Lipinski definition) is 2. The largest absolute Gasteiger partial charge is 0.421 e. The zero-order valence-corrected chi connectivity index (χ0v) is 15.5. The van der Waals surface area contributed by atoms with Gasteiger partial charge in [0.1, 0.15) is 6.29 Å². The lowest BCUT2D eigenvalue weighted by atomic mass is 9.87. The van der Waals surface area contributed by atoms with Gasteiger partial charge in [0.05, 0.1) is 0 Å². The number of aldehydes is 1. The van der Waals surface area contributed by atoms with Crippen LogP contribution < -0.4 is 0 Å². The van der Waals surface area contributed by atoms with Crippen molar-refractivity contribution in [3.8, 4) is 0 Å². The van der Waals surface area contributed by atoms with Crippen LogP contribution >= 0.6 is 0 Å². The number of carbonyl (C=O) groups is 1. The van der Waals surface area contributed by atoms with E-state index in [-0.39, 0.29) is 17.2 Å². The minimum atomic E-state index is -0.118. The molecule has 0 unspecified atom stereocenters. The summed E-state index contributed by atoms with van der Waals surface area (Å²) in [5, 5.41) is 15.9. The molecule has 0 saturated heterocycles. The Balaban J connectivity index is 0.00000151. The van der Waals surface area contributed by atoms with E-state index in [9.17, 15) is 4.79 Å². The van der Waals surface area contributed by atoms with E-state index in [1.165, 1.54) is 5.56 Å². The average molecular weight is 338 g/mol. The van der Waals surface area contributed by atoms with E-state index in [1.807, 2.05) is 38.1 Å². The van der Waals surface area contributed by atoms with Crippen LogP contribution in [0.4, 0.5) is 0 Å². The first kappa shape index (κ1) is 20.3. The fraction of sp³-hybridized carbons (Fsp3) is 0.286. The maximum Gasteiger partial charge on any atom is 0.221 e. The summed E-state index contributed by atoms with van der Waals surface area (Å²) in [5.41, 5.74) is 2.90. The summed E-state index contributed by atoms with van der Waals surface area (Å²) in [6.07, 6.45) is 0.743. The maximum atomic E-state index is 10.6. The molecule has 4 nitrogen and oxygen atoms in total. The van der Waals surface area contributed by atoms with Gasteiger partial charge in [-0.15, -0.1) is 0 Å². The molecule has 0 aliphatic rings. The molecule has 0 atom stereocenters. The summed E-state index contributed by atoms with van der Waals surface area (Å²) in [4.78, 5) is 10.6. The molecule has 0 heterocycles. The average Bonchev–Trinajstić information content (AvgIpc) is 2.62. The van der Waals surface area contributed by atoms with Gasteiger partial charge in [0, 0.05) is 16.7 Å². The molecule has 0 fully saturated rings. The van der Waals surface area contributed by atoms with Crippen LogP contribution in [-0.2, 0) is 10.2 Å². The zero-order valence-electron chi connectivity index (χ0n) is 15.5. The van der Waals surface area contributed by atoms with Crippen LogP contribution in [0.1, 0.15) is 61.7 Å². The third-order valence-electron chi connectivity index (χ3n) is 3.53. The lowest BCUT2D eigenvalue weighted by Gasteiger charge is -2.19. The summed E-state index contributed by atoms with van der Waals surface area (Å²) < 4.78 is 5.30. The van der Waals surface area contributed by atoms with Gasteiger partial charge in [0.25, 0.3) is 0 Å². The summed E-state index contributed by atoms with van der Waals surface area (Å²) in [5.74, 6) is -0.192. The van der Waals surface area contributed by atoms with Gasteiger partial charge in [0.2, 0.25) is 11.8 Å². The molecule has 0 aromatic heterocycles. The van der Waals surface area contributed by atoms with Gasteiger partial charge in [-0.1, -0.05) is 58.9 Å². The second-order valence-electron chi connectivity index (χ2n) is 6.33. The Labute approximate surface area is 149 Å². The van der Waals surface area contributed by atoms with Crippen LogP contribution in [0.2, 0.25) is 0 Å². The molecule has 0 radical (unpaired) electrons. The van der Waals surface area contributed by atoms with Crippen LogP contribution in [-0.4, -0.2) is 18.1 Å². The smallest absolute Gasteiger partial charge is 0.221 e. The Kier molecular flexibility index (Phi) is 7.24. The molecule has 2 aromatic carbocycles. The third-order valence-corrected chi connectivity index (χ3v) is 3.53. The fourth-order valence-electron chi connectivity index (χ4n) is 2.05. The van der Waals surface area contributed by atoms with Gasteiger partial charge in [-0.3, -0.25) is 15.6 Å². The first-order valence-corrected chi connectivity index (χ1v) is 8.33. The van der Waals surface area contributed by atoms with Crippen LogP contribution in [0.5, 0.6) is 0 Å². The van der Waals surface area contributed by atoms with E-state index < -0.39 is 0 Å². The molecule has 0 saturated carbocycles. The molecule has 0 aliphatic heterocycles. The number of ether oxygens (including phenoxy) is 1. The monoisotopic (exact) mass is 338 g/mol. The van der Waals surface area contributed by atoms with Crippen molar-refractivity contribution in [2.24, 2.45) is 0 Å². The van der Waals surface area contributed by atoms with Gasteiger partial charge in [0.15, 0.2) is 0 Å². The van der Waals surface area contributed by atoms with Crippen molar-refractivity contribution in [3.05, 3.63) is 70.8 Å². The van der Waals surface area contributed by atoms with E-state index in [0.717, 1.165) is 6.29 Å². The van der Waals surface area contributed by atoms with Crippen molar-refractivity contribution in [2.45, 2.75) is 40.0 Å². The standard InChI is InChI=1S/C19H20N2O2.C2H6/c1-19(2,3)16-10-8-15(9-11-16)18(21)23-17(20)14-6-4-13(12-22)5-7-14;1-2/h4-12,20-21H,1-3H3;1-2H3. The second-order valence-corrected chi connectivity index (χ2v) is 6.33. The van der Waals surface area contributed by atoms with Crippen molar-refractivity contribution >= 4 is 18.1 Å². The number of nitrogens with one attached hydrogen (secondary N) is 2. The first-order chi connectivity index (χ1) is 11.8. The van der Waals surface area contributed by atoms with Gasteiger partial charge in [-0.25, -0.2) is 0 Å². The second kappa shape index (κ2) is 8.92. The fourth-order valence-corrected chi connectivity index (χ4v) is 2.05. The summed E-state index contributed by atoms with van der Waals surface area (Å²) in [6, 6.07) is 14.1. The number of benzene rings is 2. The zero-order chi connectivity index (χ0) is 19.0. The minimum absolute atomic E-state index is 0.0502. The number of rotatable bonds is 3. The molecule has 25 heavy (non-hydrogen) atoms. The van der Waals surface area contributed by atoms with Crippen LogP contribution in [0, 0.1) is 10.8 Å². The van der Waals surface area contributed by atoms with E-state index in [0.29, 0.717) is 16.7 Å². The van der Waals surface area contributed by atoms with E-state index in [1.54, 1.807) is 24.3 Å². The SMILES string of the molecule is CC.CC(C)(C)c1ccc(C(=N)OC(=N)c2ccc(C=O)cc2)cc1. The predicted octanol–water partition coefficient (Wildman–Crippen LogP) is 5.19. The highest BCUT2D eigenvalue weighted by molar-refractivity contribution is 6.04. The Morgan fingerprint density at radius 1 is 0.840 bits per heavy atom. The van der Waals surface area contributed by atoms with Crippen LogP contribution in [0.25, 0.3) is 0 Å². The topological polar surface area (TPSA) is 74.0 Å². The molecule has 2 rings (SSSR count). The normalized spacial score (nSPS) is 10.3. The van der Waals surface area contributed by atoms with Gasteiger partial charge in [-0.2, -0.15) is 0 Å². The van der Waals surface area contributed by atoms with Crippen molar-refractivity contribution in [1.82, 2.24) is 0 Å². The summed E-state index contributed by atoms with van der Waals surface area (Å²) >= 11 is 0. The summed E-state index contributed by atoms with van der Waals surface area (Å²) in [7, 11) is 0. The molecule has 0 bridgehead atoms. The minimum Gasteiger partial charge on any atom is -0.421 e. The highest BCUT2D eigenvalue weighted by Crippen LogP contribution is 2.22. The van der Waals surface area contributed by atoms with Crippen molar-refractivity contribution in [1.29, 1.82) is 10.8 Å². The first-order valence-electron chi connectivity index (χ1n) is 8.33. The van der Waals surface area contributed by atoms with Crippen LogP contribution in [0.15, 0.2) is 48.5 Å². The predicted molar refractivity (Wildman–Crippen MR) is 103 cm³/mol. The third kappa shape index (κ3) is 5.68. The quantitative estimate of drug-likeness (QED) is 0.459. The van der Waals surface area contributed by atoms with Crippen molar-refractivity contribution in [2.75, 3.05) is 0 Å². The Morgan fingerprint density at radius 2 is 1.24 bits per heavy atom. The van der Waals surface area contributed by atoms with Crippen LogP contribution in [0.3, 0.4) is 0 Å². The molecular formula is C21H26N2O2. The molecule has 0 aliphatic carbocycles. The highest BCUT2D eigenvalue weighted by atomic mass is 16.5. The van der Waals surface area contributed by atoms with Crippen molar-refractivity contribution < 1.29 is 9.53 Å².